The zero-order valence-corrected chi connectivity index (χ0v) is 20.0. The van der Waals surface area contributed by atoms with Gasteiger partial charge in [0.15, 0.2) is 11.5 Å². The monoisotopic (exact) mass is 478 g/mol. The molecule has 0 spiro atoms. The molecule has 8 nitrogen and oxygen atoms in total. The maximum atomic E-state index is 6.57. The van der Waals surface area contributed by atoms with E-state index in [0.717, 1.165) is 81.7 Å². The van der Waals surface area contributed by atoms with Gasteiger partial charge in [-0.15, -0.1) is 0 Å². The van der Waals surface area contributed by atoms with Gasteiger partial charge in [0, 0.05) is 54.4 Å². The largest absolute Gasteiger partial charge is 0.453 e. The molecule has 0 saturated carbocycles. The van der Waals surface area contributed by atoms with Crippen molar-refractivity contribution in [2.24, 2.45) is 0 Å². The molecule has 1 saturated heterocycles. The van der Waals surface area contributed by atoms with Crippen molar-refractivity contribution in [1.82, 2.24) is 30.0 Å². The average Bonchev–Trinajstić information content (AvgIpc) is 3.61. The number of piperazine rings is 1. The van der Waals surface area contributed by atoms with Crippen LogP contribution in [0.25, 0.3) is 22.0 Å². The summed E-state index contributed by atoms with van der Waals surface area (Å²) in [5, 5.41) is 10.4. The molecule has 1 fully saturated rings. The topological polar surface area (TPSA) is 80.2 Å². The van der Waals surface area contributed by atoms with Gasteiger partial charge in [0.05, 0.1) is 35.8 Å². The third-order valence-corrected chi connectivity index (χ3v) is 7.31. The van der Waals surface area contributed by atoms with Crippen molar-refractivity contribution < 1.29 is 9.47 Å². The molecule has 0 aliphatic carbocycles. The van der Waals surface area contributed by atoms with E-state index in [1.54, 1.807) is 6.33 Å². The molecule has 2 aromatic heterocycles. The molecule has 2 aliphatic heterocycles. The highest BCUT2D eigenvalue weighted by Gasteiger charge is 2.31. The number of imidazole rings is 1. The number of aromatic amines is 1. The van der Waals surface area contributed by atoms with E-state index in [1.165, 1.54) is 0 Å². The van der Waals surface area contributed by atoms with Gasteiger partial charge < -0.3 is 19.8 Å². The lowest BCUT2D eigenvalue weighted by Crippen LogP contribution is -2.44. The second kappa shape index (κ2) is 8.61. The maximum Gasteiger partial charge on any atom is 0.231 e. The Hall–Kier alpha value is -3.07. The van der Waals surface area contributed by atoms with E-state index in [2.05, 4.69) is 39.2 Å². The van der Waals surface area contributed by atoms with Gasteiger partial charge in [-0.3, -0.25) is 9.58 Å². The van der Waals surface area contributed by atoms with Crippen LogP contribution in [-0.2, 0) is 6.54 Å². The number of hydrogen-bond donors (Lipinski definition) is 2. The Morgan fingerprint density at radius 2 is 2.06 bits per heavy atom. The van der Waals surface area contributed by atoms with E-state index < -0.39 is 0 Å². The number of H-pyrrole nitrogens is 1. The fraction of sp³-hybridized carbons (Fsp3) is 0.360. The van der Waals surface area contributed by atoms with Crippen molar-refractivity contribution in [3.8, 4) is 22.6 Å². The number of hydrogen-bond acceptors (Lipinski definition) is 6. The fourth-order valence-electron chi connectivity index (χ4n) is 5.05. The van der Waals surface area contributed by atoms with Crippen molar-refractivity contribution in [2.75, 3.05) is 33.0 Å². The number of benzene rings is 2. The van der Waals surface area contributed by atoms with Crippen LogP contribution in [0.3, 0.4) is 0 Å². The number of aromatic nitrogens is 4. The van der Waals surface area contributed by atoms with E-state index in [9.17, 15) is 0 Å². The normalized spacial score (nSPS) is 16.9. The summed E-state index contributed by atoms with van der Waals surface area (Å²) in [6.45, 7) is 8.95. The van der Waals surface area contributed by atoms with E-state index >= 15 is 0 Å². The highest BCUT2D eigenvalue weighted by atomic mass is 35.5. The Labute approximate surface area is 202 Å². The zero-order valence-electron chi connectivity index (χ0n) is 19.3. The van der Waals surface area contributed by atoms with Crippen molar-refractivity contribution in [3.05, 3.63) is 58.8 Å². The lowest BCUT2D eigenvalue weighted by Gasteiger charge is -2.32. The first-order valence-electron chi connectivity index (χ1n) is 11.6. The molecular formula is C25H27ClN6O2. The van der Waals surface area contributed by atoms with Crippen LogP contribution in [0.15, 0.2) is 36.8 Å². The SMILES string of the molecule is Cc1c(Cl)cccc1-c1c2c(cc3c1c(C(C)N1CCNCC1)nn3Cc1c[nH]cn1)OCO2. The minimum Gasteiger partial charge on any atom is -0.453 e. The van der Waals surface area contributed by atoms with E-state index in [-0.39, 0.29) is 12.8 Å². The lowest BCUT2D eigenvalue weighted by molar-refractivity contribution is 0.174. The van der Waals surface area contributed by atoms with Crippen molar-refractivity contribution in [2.45, 2.75) is 26.4 Å². The summed E-state index contributed by atoms with van der Waals surface area (Å²) >= 11 is 6.57. The molecule has 1 atom stereocenters. The number of ether oxygens (including phenoxy) is 2. The van der Waals surface area contributed by atoms with Crippen LogP contribution in [0.2, 0.25) is 5.02 Å². The van der Waals surface area contributed by atoms with Gasteiger partial charge in [0.25, 0.3) is 0 Å². The van der Waals surface area contributed by atoms with Gasteiger partial charge >= 0.3 is 0 Å². The summed E-state index contributed by atoms with van der Waals surface area (Å²) in [5.74, 6) is 1.48. The van der Waals surface area contributed by atoms with Crippen LogP contribution in [0, 0.1) is 6.92 Å². The van der Waals surface area contributed by atoms with Gasteiger partial charge in [-0.1, -0.05) is 23.7 Å². The third-order valence-electron chi connectivity index (χ3n) is 6.90. The first-order chi connectivity index (χ1) is 16.6. The smallest absolute Gasteiger partial charge is 0.231 e. The number of nitrogens with zero attached hydrogens (tertiary/aromatic N) is 4. The lowest BCUT2D eigenvalue weighted by atomic mass is 9.93. The molecule has 2 N–H and O–H groups in total. The minimum atomic E-state index is 0.128. The standard InChI is InChI=1S/C25H27ClN6O2/c1-15-18(4-3-5-19(15)26)22-23-20(10-21-25(22)34-14-33-21)32(12-17-11-28-13-29-17)30-24(23)16(2)31-8-6-27-7-9-31/h3-5,10-11,13,16,27H,6-9,12,14H2,1-2H3,(H,28,29). The Morgan fingerprint density at radius 3 is 2.85 bits per heavy atom. The molecule has 6 rings (SSSR count). The summed E-state index contributed by atoms with van der Waals surface area (Å²) in [4.78, 5) is 9.96. The van der Waals surface area contributed by atoms with Crippen LogP contribution < -0.4 is 14.8 Å². The molecule has 2 aromatic carbocycles. The summed E-state index contributed by atoms with van der Waals surface area (Å²) in [7, 11) is 0. The predicted octanol–water partition coefficient (Wildman–Crippen LogP) is 4.13. The number of rotatable bonds is 5. The number of halogens is 1. The Balaban J connectivity index is 1.63. The van der Waals surface area contributed by atoms with Crippen LogP contribution in [0.1, 0.15) is 29.9 Å². The van der Waals surface area contributed by atoms with Crippen molar-refractivity contribution in [1.29, 1.82) is 0 Å². The van der Waals surface area contributed by atoms with E-state index in [1.807, 2.05) is 29.9 Å². The first-order valence-corrected chi connectivity index (χ1v) is 12.0. The van der Waals surface area contributed by atoms with Crippen LogP contribution in [0.5, 0.6) is 11.5 Å². The number of fused-ring (bicyclic) bond motifs is 2. The maximum absolute atomic E-state index is 6.57. The molecule has 34 heavy (non-hydrogen) atoms. The summed E-state index contributed by atoms with van der Waals surface area (Å²) in [6, 6.07) is 8.18. The summed E-state index contributed by atoms with van der Waals surface area (Å²) in [6.07, 6.45) is 3.60. The molecule has 0 bridgehead atoms. The van der Waals surface area contributed by atoms with Crippen LogP contribution >= 0.6 is 11.6 Å². The quantitative estimate of drug-likeness (QED) is 0.449. The predicted molar refractivity (Wildman–Crippen MR) is 132 cm³/mol. The summed E-state index contributed by atoms with van der Waals surface area (Å²) in [5.41, 5.74) is 5.99. The molecule has 4 heterocycles. The average molecular weight is 479 g/mol. The zero-order chi connectivity index (χ0) is 23.2. The van der Waals surface area contributed by atoms with E-state index in [0.29, 0.717) is 6.54 Å². The van der Waals surface area contributed by atoms with Crippen molar-refractivity contribution >= 4 is 22.5 Å². The van der Waals surface area contributed by atoms with Crippen molar-refractivity contribution in [3.63, 3.8) is 0 Å². The Bertz CT molecular complexity index is 1340. The molecule has 176 valence electrons. The van der Waals surface area contributed by atoms with Gasteiger partial charge in [-0.05, 0) is 31.0 Å². The van der Waals surface area contributed by atoms with E-state index in [4.69, 9.17) is 26.2 Å². The van der Waals surface area contributed by atoms with Crippen LogP contribution in [0.4, 0.5) is 0 Å². The molecule has 9 heteroatoms. The van der Waals surface area contributed by atoms with Crippen LogP contribution in [-0.4, -0.2) is 57.6 Å². The minimum absolute atomic E-state index is 0.128. The summed E-state index contributed by atoms with van der Waals surface area (Å²) < 4.78 is 13.9. The van der Waals surface area contributed by atoms with Gasteiger partial charge in [0.2, 0.25) is 6.79 Å². The highest BCUT2D eigenvalue weighted by molar-refractivity contribution is 6.31. The molecule has 4 aromatic rings. The molecule has 0 amide bonds. The first kappa shape index (κ1) is 21.5. The van der Waals surface area contributed by atoms with Gasteiger partial charge in [-0.25, -0.2) is 4.98 Å². The third kappa shape index (κ3) is 3.53. The molecular weight excluding hydrogens is 452 g/mol. The second-order valence-corrected chi connectivity index (χ2v) is 9.26. The number of nitrogens with one attached hydrogen (secondary N) is 2. The second-order valence-electron chi connectivity index (χ2n) is 8.86. The Morgan fingerprint density at radius 1 is 1.21 bits per heavy atom. The van der Waals surface area contributed by atoms with Gasteiger partial charge in [0.1, 0.15) is 0 Å². The van der Waals surface area contributed by atoms with Gasteiger partial charge in [-0.2, -0.15) is 5.10 Å². The molecule has 2 aliphatic rings. The Kier molecular flexibility index (Phi) is 5.44. The fourth-order valence-corrected chi connectivity index (χ4v) is 5.22. The highest BCUT2D eigenvalue weighted by Crippen LogP contribution is 2.50. The molecule has 1 unspecified atom stereocenters. The molecule has 0 radical (unpaired) electrons.